The lowest BCUT2D eigenvalue weighted by Crippen LogP contribution is -2.10. The predicted molar refractivity (Wildman–Crippen MR) is 102 cm³/mol. The number of hydrogen-bond acceptors (Lipinski definition) is 2. The van der Waals surface area contributed by atoms with Gasteiger partial charge in [0.1, 0.15) is 6.29 Å². The van der Waals surface area contributed by atoms with Crippen LogP contribution in [0.5, 0.6) is 0 Å². The van der Waals surface area contributed by atoms with Gasteiger partial charge in [-0.15, -0.1) is 0 Å². The van der Waals surface area contributed by atoms with E-state index >= 15 is 0 Å². The summed E-state index contributed by atoms with van der Waals surface area (Å²) in [5, 5.41) is 2.92. The minimum Gasteiger partial charge on any atom is -0.326 e. The van der Waals surface area contributed by atoms with Gasteiger partial charge in [-0.2, -0.15) is 0 Å². The highest BCUT2D eigenvalue weighted by Crippen LogP contribution is 2.13. The van der Waals surface area contributed by atoms with Crippen molar-refractivity contribution in [2.45, 2.75) is 71.1 Å². The quantitative estimate of drug-likeness (QED) is 0.284. The van der Waals surface area contributed by atoms with Gasteiger partial charge in [0.05, 0.1) is 0 Å². The Hall–Kier alpha value is -1.90. The van der Waals surface area contributed by atoms with Crippen molar-refractivity contribution in [3.05, 3.63) is 35.9 Å². The minimum absolute atomic E-state index is 0.0779. The van der Waals surface area contributed by atoms with Crippen molar-refractivity contribution in [2.75, 3.05) is 5.32 Å². The molecule has 1 N–H and O–H groups in total. The number of hydrogen-bond donors (Lipinski definition) is 1. The highest BCUT2D eigenvalue weighted by Gasteiger charge is 2.02. The van der Waals surface area contributed by atoms with E-state index < -0.39 is 0 Å². The number of nitrogens with one attached hydrogen (secondary N) is 1. The lowest BCUT2D eigenvalue weighted by molar-refractivity contribution is -0.116. The van der Waals surface area contributed by atoms with Crippen LogP contribution >= 0.6 is 0 Å². The second-order valence-electron chi connectivity index (χ2n) is 6.24. The Bertz CT molecular complexity index is 491. The van der Waals surface area contributed by atoms with Crippen molar-refractivity contribution in [3.8, 4) is 0 Å². The zero-order chi connectivity index (χ0) is 17.5. The highest BCUT2D eigenvalue weighted by atomic mass is 16.1. The van der Waals surface area contributed by atoms with E-state index in [-0.39, 0.29) is 5.91 Å². The normalized spacial score (nSPS) is 10.9. The second kappa shape index (κ2) is 13.5. The molecule has 0 aromatic heterocycles. The van der Waals surface area contributed by atoms with Crippen LogP contribution in [0.1, 0.15) is 76.7 Å². The van der Waals surface area contributed by atoms with E-state index in [0.29, 0.717) is 6.42 Å². The van der Waals surface area contributed by atoms with Crippen LogP contribution < -0.4 is 5.32 Å². The SMILES string of the molecule is CCCCCCCCCCCC(=O)Nc1ccc(C=CC=O)cc1. The Labute approximate surface area is 146 Å². The van der Waals surface area contributed by atoms with Crippen LogP contribution in [0.4, 0.5) is 5.69 Å². The molecule has 0 aliphatic heterocycles. The zero-order valence-electron chi connectivity index (χ0n) is 14.9. The molecule has 1 amide bonds. The summed E-state index contributed by atoms with van der Waals surface area (Å²) in [6.45, 7) is 2.24. The van der Waals surface area contributed by atoms with Gasteiger partial charge >= 0.3 is 0 Å². The molecule has 1 aromatic rings. The molecule has 0 aliphatic carbocycles. The average Bonchev–Trinajstić information content (AvgIpc) is 2.60. The number of amides is 1. The number of allylic oxidation sites excluding steroid dienone is 1. The fourth-order valence-corrected chi connectivity index (χ4v) is 2.65. The van der Waals surface area contributed by atoms with Gasteiger partial charge in [0.2, 0.25) is 5.91 Å². The van der Waals surface area contributed by atoms with Gasteiger partial charge < -0.3 is 5.32 Å². The maximum atomic E-state index is 11.9. The van der Waals surface area contributed by atoms with E-state index in [4.69, 9.17) is 0 Å². The number of aldehydes is 1. The van der Waals surface area contributed by atoms with Crippen molar-refractivity contribution < 1.29 is 9.59 Å². The van der Waals surface area contributed by atoms with Gasteiger partial charge in [-0.05, 0) is 30.2 Å². The maximum Gasteiger partial charge on any atom is 0.224 e. The number of carbonyl (C=O) groups excluding carboxylic acids is 2. The van der Waals surface area contributed by atoms with Crippen LogP contribution in [-0.2, 0) is 9.59 Å². The van der Waals surface area contributed by atoms with Gasteiger partial charge in [-0.25, -0.2) is 0 Å². The molecule has 0 unspecified atom stereocenters. The monoisotopic (exact) mass is 329 g/mol. The van der Waals surface area contributed by atoms with Crippen molar-refractivity contribution in [3.63, 3.8) is 0 Å². The third-order valence-corrected chi connectivity index (χ3v) is 4.07. The second-order valence-corrected chi connectivity index (χ2v) is 6.24. The first-order chi connectivity index (χ1) is 11.8. The van der Waals surface area contributed by atoms with Crippen LogP contribution in [0.15, 0.2) is 30.3 Å². The van der Waals surface area contributed by atoms with Crippen molar-refractivity contribution in [2.24, 2.45) is 0 Å². The summed E-state index contributed by atoms with van der Waals surface area (Å²) in [6.07, 6.45) is 15.9. The van der Waals surface area contributed by atoms with E-state index in [2.05, 4.69) is 12.2 Å². The van der Waals surface area contributed by atoms with Crippen molar-refractivity contribution in [1.82, 2.24) is 0 Å². The first-order valence-electron chi connectivity index (χ1n) is 9.28. The van der Waals surface area contributed by atoms with Crippen LogP contribution in [0.25, 0.3) is 6.08 Å². The molecule has 0 spiro atoms. The molecule has 3 heteroatoms. The Morgan fingerprint density at radius 2 is 1.50 bits per heavy atom. The standard InChI is InChI=1S/C21H31NO2/c1-2-3-4-5-6-7-8-9-10-13-21(24)22-20-16-14-19(15-17-20)12-11-18-23/h11-12,14-18H,2-10,13H2,1H3,(H,22,24). The Morgan fingerprint density at radius 3 is 2.08 bits per heavy atom. The van der Waals surface area contributed by atoms with Gasteiger partial charge in [0, 0.05) is 12.1 Å². The Kier molecular flexibility index (Phi) is 11.4. The Balaban J connectivity index is 2.09. The van der Waals surface area contributed by atoms with Gasteiger partial charge in [0.15, 0.2) is 0 Å². The number of carbonyl (C=O) groups is 2. The van der Waals surface area contributed by atoms with E-state index in [9.17, 15) is 9.59 Å². The number of rotatable bonds is 13. The molecule has 0 bridgehead atoms. The first kappa shape index (κ1) is 20.1. The third-order valence-electron chi connectivity index (χ3n) is 4.07. The summed E-state index contributed by atoms with van der Waals surface area (Å²) in [7, 11) is 0. The topological polar surface area (TPSA) is 46.2 Å². The third kappa shape index (κ3) is 9.98. The summed E-state index contributed by atoms with van der Waals surface area (Å²) in [4.78, 5) is 22.2. The molecule has 1 aromatic carbocycles. The van der Waals surface area contributed by atoms with Crippen LogP contribution in [0.2, 0.25) is 0 Å². The van der Waals surface area contributed by atoms with E-state index in [1.165, 1.54) is 51.0 Å². The largest absolute Gasteiger partial charge is 0.326 e. The molecule has 0 radical (unpaired) electrons. The van der Waals surface area contributed by atoms with Crippen LogP contribution in [0, 0.1) is 0 Å². The molecular formula is C21H31NO2. The summed E-state index contributed by atoms with van der Waals surface area (Å²) in [5.41, 5.74) is 1.75. The minimum atomic E-state index is 0.0779. The smallest absolute Gasteiger partial charge is 0.224 e. The number of unbranched alkanes of at least 4 members (excludes halogenated alkanes) is 8. The lowest BCUT2D eigenvalue weighted by Gasteiger charge is -2.06. The maximum absolute atomic E-state index is 11.9. The summed E-state index contributed by atoms with van der Waals surface area (Å²) < 4.78 is 0. The summed E-state index contributed by atoms with van der Waals surface area (Å²) in [6, 6.07) is 7.49. The summed E-state index contributed by atoms with van der Waals surface area (Å²) in [5.74, 6) is 0.0779. The molecule has 0 heterocycles. The van der Waals surface area contributed by atoms with E-state index in [0.717, 1.165) is 30.4 Å². The summed E-state index contributed by atoms with van der Waals surface area (Å²) >= 11 is 0. The molecule has 24 heavy (non-hydrogen) atoms. The molecule has 0 aliphatic rings. The average molecular weight is 329 g/mol. The van der Waals surface area contributed by atoms with Crippen LogP contribution in [0.3, 0.4) is 0 Å². The molecule has 0 fully saturated rings. The van der Waals surface area contributed by atoms with E-state index in [1.807, 2.05) is 24.3 Å². The number of benzene rings is 1. The van der Waals surface area contributed by atoms with E-state index in [1.54, 1.807) is 6.08 Å². The Morgan fingerprint density at radius 1 is 0.917 bits per heavy atom. The van der Waals surface area contributed by atoms with Crippen molar-refractivity contribution >= 4 is 24.0 Å². The molecule has 0 atom stereocenters. The lowest BCUT2D eigenvalue weighted by atomic mass is 10.1. The fraction of sp³-hybridized carbons (Fsp3) is 0.524. The molecule has 3 nitrogen and oxygen atoms in total. The fourth-order valence-electron chi connectivity index (χ4n) is 2.65. The van der Waals surface area contributed by atoms with Crippen molar-refractivity contribution in [1.29, 1.82) is 0 Å². The molecule has 132 valence electrons. The molecule has 1 rings (SSSR count). The van der Waals surface area contributed by atoms with Gasteiger partial charge in [-0.3, -0.25) is 9.59 Å². The highest BCUT2D eigenvalue weighted by molar-refractivity contribution is 5.90. The molecule has 0 saturated carbocycles. The van der Waals surface area contributed by atoms with Gasteiger partial charge in [0.25, 0.3) is 0 Å². The van der Waals surface area contributed by atoms with Crippen LogP contribution in [-0.4, -0.2) is 12.2 Å². The van der Waals surface area contributed by atoms with Gasteiger partial charge in [-0.1, -0.05) is 76.5 Å². The molecular weight excluding hydrogens is 298 g/mol. The zero-order valence-corrected chi connectivity index (χ0v) is 14.9. The molecule has 0 saturated heterocycles. The number of anilines is 1. The predicted octanol–water partition coefficient (Wildman–Crippen LogP) is 5.76. The first-order valence-corrected chi connectivity index (χ1v) is 9.28.